The number of nitrogens with zero attached hydrogens (tertiary/aromatic N) is 3. The quantitative estimate of drug-likeness (QED) is 0.187. The molecule has 234 valence electrons. The SMILES string of the molecule is c1ccc(-c2nc(-c3cccc(-c4cccc(-c5cccc6c5oc5ccccc56)c4)c3)nc(-c3cccc4oc5ccccc5c34)n2)cc1. The van der Waals surface area contributed by atoms with Crippen LogP contribution in [0.2, 0.25) is 0 Å². The standard InChI is InChI=1S/C45H27N3O2/c1-2-12-28(13-3-1)43-46-44(48-45(47-43)37-22-11-25-40-41(37)36-19-5-7-24-39(36)49-40)32-17-9-15-30(27-32)29-14-8-16-31(26-29)33-20-10-21-35-34-18-4-6-23-38(34)50-42(33)35/h1-27H. The lowest BCUT2D eigenvalue weighted by Crippen LogP contribution is -2.00. The molecule has 3 heterocycles. The zero-order valence-electron chi connectivity index (χ0n) is 26.7. The minimum atomic E-state index is 0.595. The predicted molar refractivity (Wildman–Crippen MR) is 202 cm³/mol. The molecule has 0 aliphatic heterocycles. The zero-order valence-corrected chi connectivity index (χ0v) is 26.7. The predicted octanol–water partition coefficient (Wildman–Crippen LogP) is 12.0. The van der Waals surface area contributed by atoms with E-state index in [-0.39, 0.29) is 0 Å². The van der Waals surface area contributed by atoms with Crippen molar-refractivity contribution in [1.82, 2.24) is 15.0 Å². The number of furan rings is 2. The van der Waals surface area contributed by atoms with Gasteiger partial charge < -0.3 is 8.83 Å². The first-order valence-corrected chi connectivity index (χ1v) is 16.6. The van der Waals surface area contributed by atoms with E-state index in [4.69, 9.17) is 23.8 Å². The highest BCUT2D eigenvalue weighted by Crippen LogP contribution is 2.39. The molecule has 5 heteroatoms. The van der Waals surface area contributed by atoms with Gasteiger partial charge >= 0.3 is 0 Å². The molecule has 0 fully saturated rings. The molecule has 0 amide bonds. The summed E-state index contributed by atoms with van der Waals surface area (Å²) in [5.74, 6) is 1.81. The maximum absolute atomic E-state index is 6.37. The highest BCUT2D eigenvalue weighted by molar-refractivity contribution is 6.12. The highest BCUT2D eigenvalue weighted by Gasteiger charge is 2.18. The number of benzene rings is 7. The fourth-order valence-electron chi connectivity index (χ4n) is 6.98. The Morgan fingerprint density at radius 3 is 1.66 bits per heavy atom. The van der Waals surface area contributed by atoms with Crippen LogP contribution in [0.5, 0.6) is 0 Å². The Labute approximate surface area is 287 Å². The average molecular weight is 642 g/mol. The van der Waals surface area contributed by atoms with E-state index in [2.05, 4.69) is 91.0 Å². The van der Waals surface area contributed by atoms with Gasteiger partial charge in [-0.2, -0.15) is 0 Å². The minimum Gasteiger partial charge on any atom is -0.456 e. The summed E-state index contributed by atoms with van der Waals surface area (Å²) < 4.78 is 12.6. The second kappa shape index (κ2) is 11.4. The second-order valence-electron chi connectivity index (χ2n) is 12.4. The third-order valence-corrected chi connectivity index (χ3v) is 9.34. The average Bonchev–Trinajstić information content (AvgIpc) is 3.77. The van der Waals surface area contributed by atoms with Crippen molar-refractivity contribution in [2.45, 2.75) is 0 Å². The van der Waals surface area contributed by atoms with Gasteiger partial charge in [0.25, 0.3) is 0 Å². The maximum Gasteiger partial charge on any atom is 0.164 e. The van der Waals surface area contributed by atoms with Crippen molar-refractivity contribution >= 4 is 43.9 Å². The number of para-hydroxylation sites is 3. The van der Waals surface area contributed by atoms with Crippen molar-refractivity contribution in [1.29, 1.82) is 0 Å². The van der Waals surface area contributed by atoms with Gasteiger partial charge in [0.2, 0.25) is 0 Å². The van der Waals surface area contributed by atoms with Crippen molar-refractivity contribution in [2.24, 2.45) is 0 Å². The van der Waals surface area contributed by atoms with Gasteiger partial charge in [0.15, 0.2) is 17.5 Å². The van der Waals surface area contributed by atoms with Gasteiger partial charge in [-0.25, -0.2) is 15.0 Å². The summed E-state index contributed by atoms with van der Waals surface area (Å²) in [5, 5.41) is 4.26. The molecular formula is C45H27N3O2. The van der Waals surface area contributed by atoms with E-state index in [1.54, 1.807) is 0 Å². The molecule has 0 spiro atoms. The summed E-state index contributed by atoms with van der Waals surface area (Å²) in [6.45, 7) is 0. The van der Waals surface area contributed by atoms with Crippen LogP contribution in [-0.2, 0) is 0 Å². The minimum absolute atomic E-state index is 0.595. The van der Waals surface area contributed by atoms with Crippen LogP contribution in [0, 0.1) is 0 Å². The molecule has 0 aliphatic carbocycles. The van der Waals surface area contributed by atoms with Crippen molar-refractivity contribution in [3.8, 4) is 56.4 Å². The number of fused-ring (bicyclic) bond motifs is 6. The summed E-state index contributed by atoms with van der Waals surface area (Å²) in [6.07, 6.45) is 0. The number of rotatable bonds is 5. The summed E-state index contributed by atoms with van der Waals surface area (Å²) in [7, 11) is 0. The molecule has 3 aromatic heterocycles. The van der Waals surface area contributed by atoms with E-state index in [0.717, 1.165) is 82.8 Å². The van der Waals surface area contributed by atoms with Gasteiger partial charge in [-0.3, -0.25) is 0 Å². The highest BCUT2D eigenvalue weighted by atomic mass is 16.3. The molecule has 0 aliphatic rings. The Hall–Kier alpha value is -6.85. The number of hydrogen-bond acceptors (Lipinski definition) is 5. The second-order valence-corrected chi connectivity index (χ2v) is 12.4. The molecule has 0 atom stereocenters. The molecular weight excluding hydrogens is 615 g/mol. The maximum atomic E-state index is 6.37. The molecule has 50 heavy (non-hydrogen) atoms. The number of hydrogen-bond donors (Lipinski definition) is 0. The largest absolute Gasteiger partial charge is 0.456 e. The van der Waals surface area contributed by atoms with Gasteiger partial charge in [0, 0.05) is 43.8 Å². The van der Waals surface area contributed by atoms with Gasteiger partial charge in [-0.05, 0) is 47.0 Å². The van der Waals surface area contributed by atoms with Crippen LogP contribution >= 0.6 is 0 Å². The van der Waals surface area contributed by atoms with Crippen LogP contribution in [0.1, 0.15) is 0 Å². The molecule has 0 saturated heterocycles. The van der Waals surface area contributed by atoms with Crippen molar-refractivity contribution in [3.05, 3.63) is 164 Å². The van der Waals surface area contributed by atoms with Crippen LogP contribution in [-0.4, -0.2) is 15.0 Å². The Balaban J connectivity index is 1.11. The molecule has 10 rings (SSSR count). The Morgan fingerprint density at radius 1 is 0.320 bits per heavy atom. The Morgan fingerprint density at radius 2 is 0.840 bits per heavy atom. The van der Waals surface area contributed by atoms with E-state index in [1.165, 1.54) is 0 Å². The summed E-state index contributed by atoms with van der Waals surface area (Å²) >= 11 is 0. The zero-order chi connectivity index (χ0) is 33.0. The van der Waals surface area contributed by atoms with Crippen LogP contribution in [0.4, 0.5) is 0 Å². The van der Waals surface area contributed by atoms with E-state index in [1.807, 2.05) is 72.8 Å². The first-order chi connectivity index (χ1) is 24.8. The normalized spacial score (nSPS) is 11.6. The van der Waals surface area contributed by atoms with Gasteiger partial charge in [0.05, 0.1) is 0 Å². The van der Waals surface area contributed by atoms with Gasteiger partial charge in [-0.15, -0.1) is 0 Å². The van der Waals surface area contributed by atoms with Gasteiger partial charge in [-0.1, -0.05) is 133 Å². The summed E-state index contributed by atoms with van der Waals surface area (Å²) in [4.78, 5) is 15.2. The Kier molecular flexibility index (Phi) is 6.42. The van der Waals surface area contributed by atoms with E-state index in [0.29, 0.717) is 17.5 Å². The first kappa shape index (κ1) is 28.2. The third kappa shape index (κ3) is 4.67. The molecule has 0 bridgehead atoms. The number of aromatic nitrogens is 3. The fourth-order valence-corrected chi connectivity index (χ4v) is 6.98. The monoisotopic (exact) mass is 641 g/mol. The third-order valence-electron chi connectivity index (χ3n) is 9.34. The first-order valence-electron chi connectivity index (χ1n) is 16.6. The molecule has 10 aromatic rings. The fraction of sp³-hybridized carbons (Fsp3) is 0. The van der Waals surface area contributed by atoms with Crippen LogP contribution < -0.4 is 0 Å². The molecule has 0 N–H and O–H groups in total. The molecule has 0 unspecified atom stereocenters. The van der Waals surface area contributed by atoms with Crippen LogP contribution in [0.15, 0.2) is 173 Å². The summed E-state index contributed by atoms with van der Waals surface area (Å²) in [5.41, 5.74) is 10.4. The lowest BCUT2D eigenvalue weighted by molar-refractivity contribution is 0.669. The van der Waals surface area contributed by atoms with Gasteiger partial charge in [0.1, 0.15) is 22.3 Å². The molecule has 0 radical (unpaired) electrons. The summed E-state index contributed by atoms with van der Waals surface area (Å²) in [6, 6.07) is 55.7. The lowest BCUT2D eigenvalue weighted by Gasteiger charge is -2.11. The molecule has 5 nitrogen and oxygen atoms in total. The Bertz CT molecular complexity index is 2890. The van der Waals surface area contributed by atoms with Crippen molar-refractivity contribution in [2.75, 3.05) is 0 Å². The van der Waals surface area contributed by atoms with E-state index in [9.17, 15) is 0 Å². The van der Waals surface area contributed by atoms with E-state index < -0.39 is 0 Å². The smallest absolute Gasteiger partial charge is 0.164 e. The van der Waals surface area contributed by atoms with E-state index >= 15 is 0 Å². The lowest BCUT2D eigenvalue weighted by atomic mass is 9.97. The molecule has 0 saturated carbocycles. The molecule has 7 aromatic carbocycles. The van der Waals surface area contributed by atoms with Crippen LogP contribution in [0.25, 0.3) is 100 Å². The van der Waals surface area contributed by atoms with Crippen LogP contribution in [0.3, 0.4) is 0 Å². The van der Waals surface area contributed by atoms with Crippen molar-refractivity contribution < 1.29 is 8.83 Å². The topological polar surface area (TPSA) is 65.0 Å². The van der Waals surface area contributed by atoms with Crippen molar-refractivity contribution in [3.63, 3.8) is 0 Å².